The molecule has 2 heterocycles. The number of ether oxygens (including phenoxy) is 1. The fourth-order valence-electron chi connectivity index (χ4n) is 1.97. The smallest absolute Gasteiger partial charge is 0.341 e. The molecule has 2 aromatic rings. The van der Waals surface area contributed by atoms with Crippen LogP contribution in [0.15, 0.2) is 30.5 Å². The van der Waals surface area contributed by atoms with Gasteiger partial charge in [0.25, 0.3) is 0 Å². The Balaban J connectivity index is 2.11. The maximum absolute atomic E-state index is 11.3. The number of carboxylic acid groups (broad SMARTS) is 1. The molecule has 0 saturated carbocycles. The lowest BCUT2D eigenvalue weighted by Crippen LogP contribution is -2.10. The van der Waals surface area contributed by atoms with Gasteiger partial charge in [-0.1, -0.05) is 6.07 Å². The average molecular weight is 272 g/mol. The molecule has 0 saturated heterocycles. The van der Waals surface area contributed by atoms with Crippen LogP contribution in [0, 0.1) is 13.8 Å². The molecular weight excluding hydrogens is 256 g/mol. The van der Waals surface area contributed by atoms with E-state index in [2.05, 4.69) is 9.97 Å². The van der Waals surface area contributed by atoms with Crippen molar-refractivity contribution in [3.8, 4) is 5.88 Å². The Kier molecular flexibility index (Phi) is 4.30. The number of aromatic carboxylic acids is 1. The second-order valence-corrected chi connectivity index (χ2v) is 4.49. The van der Waals surface area contributed by atoms with Crippen molar-refractivity contribution in [2.24, 2.45) is 0 Å². The summed E-state index contributed by atoms with van der Waals surface area (Å²) in [6.45, 7) is 3.89. The maximum atomic E-state index is 11.3. The highest BCUT2D eigenvalue weighted by Crippen LogP contribution is 2.21. The van der Waals surface area contributed by atoms with Crippen molar-refractivity contribution in [2.45, 2.75) is 20.3 Å². The molecule has 2 rings (SSSR count). The Morgan fingerprint density at radius 3 is 2.80 bits per heavy atom. The normalized spacial score (nSPS) is 10.3. The van der Waals surface area contributed by atoms with Gasteiger partial charge in [-0.3, -0.25) is 4.98 Å². The lowest BCUT2D eigenvalue weighted by Gasteiger charge is -2.11. The molecule has 0 aromatic carbocycles. The van der Waals surface area contributed by atoms with Gasteiger partial charge in [0, 0.05) is 24.0 Å². The molecule has 1 N–H and O–H groups in total. The lowest BCUT2D eigenvalue weighted by molar-refractivity contribution is 0.0690. The van der Waals surface area contributed by atoms with Gasteiger partial charge < -0.3 is 9.84 Å². The molecule has 104 valence electrons. The summed E-state index contributed by atoms with van der Waals surface area (Å²) in [6.07, 6.45) is 2.32. The van der Waals surface area contributed by atoms with E-state index in [1.54, 1.807) is 19.2 Å². The summed E-state index contributed by atoms with van der Waals surface area (Å²) in [7, 11) is 0. The van der Waals surface area contributed by atoms with E-state index in [4.69, 9.17) is 4.74 Å². The third-order valence-corrected chi connectivity index (χ3v) is 2.85. The van der Waals surface area contributed by atoms with Crippen LogP contribution in [-0.2, 0) is 6.42 Å². The van der Waals surface area contributed by atoms with Crippen LogP contribution in [0.5, 0.6) is 5.88 Å². The summed E-state index contributed by atoms with van der Waals surface area (Å²) in [5.41, 5.74) is 2.41. The van der Waals surface area contributed by atoms with Crippen molar-refractivity contribution < 1.29 is 14.6 Å². The highest BCUT2D eigenvalue weighted by Gasteiger charge is 2.17. The fraction of sp³-hybridized carbons (Fsp3) is 0.267. The van der Waals surface area contributed by atoms with Crippen molar-refractivity contribution in [3.63, 3.8) is 0 Å². The third kappa shape index (κ3) is 3.32. The zero-order valence-corrected chi connectivity index (χ0v) is 11.5. The zero-order valence-electron chi connectivity index (χ0n) is 11.5. The van der Waals surface area contributed by atoms with E-state index in [0.717, 1.165) is 11.4 Å². The number of carbonyl (C=O) groups is 1. The zero-order chi connectivity index (χ0) is 14.5. The summed E-state index contributed by atoms with van der Waals surface area (Å²) in [5, 5.41) is 9.22. The first kappa shape index (κ1) is 14.0. The van der Waals surface area contributed by atoms with Crippen molar-refractivity contribution in [1.29, 1.82) is 0 Å². The first-order valence-electron chi connectivity index (χ1n) is 6.32. The molecular formula is C15H16N2O3. The van der Waals surface area contributed by atoms with Gasteiger partial charge >= 0.3 is 5.97 Å². The highest BCUT2D eigenvalue weighted by atomic mass is 16.5. The SMILES string of the molecule is Cc1cc(C)c(C(=O)O)c(OCCc2ccccn2)n1. The Bertz CT molecular complexity index is 612. The van der Waals surface area contributed by atoms with Gasteiger partial charge in [0.15, 0.2) is 0 Å². The minimum Gasteiger partial charge on any atom is -0.477 e. The molecule has 2 aromatic heterocycles. The number of nitrogens with zero attached hydrogens (tertiary/aromatic N) is 2. The molecule has 5 heteroatoms. The van der Waals surface area contributed by atoms with E-state index in [1.165, 1.54) is 0 Å². The van der Waals surface area contributed by atoms with Crippen LogP contribution in [0.3, 0.4) is 0 Å². The second kappa shape index (κ2) is 6.14. The highest BCUT2D eigenvalue weighted by molar-refractivity contribution is 5.91. The topological polar surface area (TPSA) is 72.3 Å². The molecule has 0 aliphatic rings. The molecule has 0 unspecified atom stereocenters. The fourth-order valence-corrected chi connectivity index (χ4v) is 1.97. The van der Waals surface area contributed by atoms with Crippen molar-refractivity contribution in [2.75, 3.05) is 6.61 Å². The largest absolute Gasteiger partial charge is 0.477 e. The second-order valence-electron chi connectivity index (χ2n) is 4.49. The number of aromatic nitrogens is 2. The van der Waals surface area contributed by atoms with Gasteiger partial charge in [-0.25, -0.2) is 9.78 Å². The van der Waals surface area contributed by atoms with Gasteiger partial charge in [-0.2, -0.15) is 0 Å². The molecule has 5 nitrogen and oxygen atoms in total. The van der Waals surface area contributed by atoms with Crippen molar-refractivity contribution in [3.05, 3.63) is 53.0 Å². The molecule has 0 aliphatic carbocycles. The predicted molar refractivity (Wildman–Crippen MR) is 74.1 cm³/mol. The number of pyridine rings is 2. The number of aryl methyl sites for hydroxylation is 2. The van der Waals surface area contributed by atoms with Crippen LogP contribution < -0.4 is 4.74 Å². The van der Waals surface area contributed by atoms with Gasteiger partial charge in [0.2, 0.25) is 5.88 Å². The predicted octanol–water partition coefficient (Wildman–Crippen LogP) is 2.41. The average Bonchev–Trinajstić information content (AvgIpc) is 2.38. The number of rotatable bonds is 5. The van der Waals surface area contributed by atoms with Crippen LogP contribution in [0.1, 0.15) is 27.3 Å². The van der Waals surface area contributed by atoms with E-state index < -0.39 is 5.97 Å². The van der Waals surface area contributed by atoms with E-state index in [9.17, 15) is 9.90 Å². The quantitative estimate of drug-likeness (QED) is 0.905. The molecule has 0 fully saturated rings. The molecule has 0 bridgehead atoms. The molecule has 0 radical (unpaired) electrons. The maximum Gasteiger partial charge on any atom is 0.341 e. The van der Waals surface area contributed by atoms with Crippen molar-refractivity contribution >= 4 is 5.97 Å². The van der Waals surface area contributed by atoms with Crippen LogP contribution in [-0.4, -0.2) is 27.7 Å². The van der Waals surface area contributed by atoms with Gasteiger partial charge in [0.05, 0.1) is 6.61 Å². The van der Waals surface area contributed by atoms with Gasteiger partial charge in [-0.05, 0) is 37.6 Å². The number of hydrogen-bond donors (Lipinski definition) is 1. The minimum absolute atomic E-state index is 0.122. The summed E-state index contributed by atoms with van der Waals surface area (Å²) in [4.78, 5) is 19.6. The molecule has 20 heavy (non-hydrogen) atoms. The molecule has 0 atom stereocenters. The van der Waals surface area contributed by atoms with Crippen LogP contribution in [0.4, 0.5) is 0 Å². The Hall–Kier alpha value is -2.43. The third-order valence-electron chi connectivity index (χ3n) is 2.85. The summed E-state index contributed by atoms with van der Waals surface area (Å²) in [5.74, 6) is -0.853. The minimum atomic E-state index is -1.03. The van der Waals surface area contributed by atoms with Gasteiger partial charge in [0.1, 0.15) is 5.56 Å². The van der Waals surface area contributed by atoms with Crippen molar-refractivity contribution in [1.82, 2.24) is 9.97 Å². The lowest BCUT2D eigenvalue weighted by atomic mass is 10.1. The molecule has 0 amide bonds. The molecule has 0 spiro atoms. The van der Waals surface area contributed by atoms with E-state index in [-0.39, 0.29) is 11.4 Å². The van der Waals surface area contributed by atoms with E-state index in [0.29, 0.717) is 18.6 Å². The van der Waals surface area contributed by atoms with Gasteiger partial charge in [-0.15, -0.1) is 0 Å². The first-order chi connectivity index (χ1) is 9.58. The molecule has 0 aliphatic heterocycles. The standard InChI is InChI=1S/C15H16N2O3/c1-10-9-11(2)17-14(13(10)15(18)19)20-8-6-12-5-3-4-7-16-12/h3-5,7,9H,6,8H2,1-2H3,(H,18,19). The summed E-state index contributed by atoms with van der Waals surface area (Å²) >= 11 is 0. The van der Waals surface area contributed by atoms with Crippen LogP contribution in [0.2, 0.25) is 0 Å². The summed E-state index contributed by atoms with van der Waals surface area (Å²) in [6, 6.07) is 7.38. The summed E-state index contributed by atoms with van der Waals surface area (Å²) < 4.78 is 5.53. The van der Waals surface area contributed by atoms with Crippen LogP contribution in [0.25, 0.3) is 0 Å². The number of hydrogen-bond acceptors (Lipinski definition) is 4. The van der Waals surface area contributed by atoms with E-state index in [1.807, 2.05) is 25.1 Å². The number of carboxylic acids is 1. The monoisotopic (exact) mass is 272 g/mol. The Morgan fingerprint density at radius 2 is 2.15 bits per heavy atom. The Morgan fingerprint density at radius 1 is 1.35 bits per heavy atom. The van der Waals surface area contributed by atoms with E-state index >= 15 is 0 Å². The van der Waals surface area contributed by atoms with Crippen LogP contribution >= 0.6 is 0 Å². The first-order valence-corrected chi connectivity index (χ1v) is 6.32. The Labute approximate surface area is 117 Å².